The van der Waals surface area contributed by atoms with E-state index in [0.717, 1.165) is 35.1 Å². The van der Waals surface area contributed by atoms with E-state index >= 15 is 0 Å². The normalized spacial score (nSPS) is 14.4. The van der Waals surface area contributed by atoms with Crippen molar-refractivity contribution in [1.82, 2.24) is 10.2 Å². The van der Waals surface area contributed by atoms with Crippen LogP contribution in [0.25, 0.3) is 11.1 Å². The summed E-state index contributed by atoms with van der Waals surface area (Å²) < 4.78 is 0. The molecule has 1 fully saturated rings. The molecule has 0 spiro atoms. The number of carbonyl (C=O) groups is 3. The molecule has 1 N–H and O–H groups in total. The van der Waals surface area contributed by atoms with E-state index in [1.165, 1.54) is 31.0 Å². The van der Waals surface area contributed by atoms with Gasteiger partial charge in [0.25, 0.3) is 5.91 Å². The fraction of sp³-hybridized carbons (Fsp3) is 0.483. The van der Waals surface area contributed by atoms with E-state index in [-0.39, 0.29) is 24.8 Å². The summed E-state index contributed by atoms with van der Waals surface area (Å²) in [7, 11) is 1.91. The van der Waals surface area contributed by atoms with Gasteiger partial charge in [-0.05, 0) is 72.9 Å². The number of hydrogen-bond donors (Lipinski definition) is 1. The summed E-state index contributed by atoms with van der Waals surface area (Å²) in [6.45, 7) is 1.98. The molecule has 6 nitrogen and oxygen atoms in total. The van der Waals surface area contributed by atoms with Crippen molar-refractivity contribution < 1.29 is 38.4 Å². The third kappa shape index (κ3) is 8.67. The molecule has 2 aromatic carbocycles. The number of thioether (sulfide) groups is 1. The second-order valence-corrected chi connectivity index (χ2v) is 10.6. The van der Waals surface area contributed by atoms with Gasteiger partial charge in [-0.25, -0.2) is 0 Å². The topological polar surface area (TPSA) is 89.5 Å². The van der Waals surface area contributed by atoms with Crippen LogP contribution in [0.15, 0.2) is 42.5 Å². The number of rotatable bonds is 11. The van der Waals surface area contributed by atoms with Crippen LogP contribution in [0.4, 0.5) is 0 Å². The van der Waals surface area contributed by atoms with E-state index in [1.807, 2.05) is 61.5 Å². The zero-order valence-electron chi connectivity index (χ0n) is 22.5. The van der Waals surface area contributed by atoms with Crippen LogP contribution in [-0.2, 0) is 16.0 Å². The number of carboxylic acid groups (broad SMARTS) is 1. The van der Waals surface area contributed by atoms with Gasteiger partial charge in [0.05, 0.1) is 12.0 Å². The van der Waals surface area contributed by atoms with Crippen LogP contribution in [0.2, 0.25) is 0 Å². The van der Waals surface area contributed by atoms with Gasteiger partial charge in [0.15, 0.2) is 0 Å². The Labute approximate surface area is 237 Å². The van der Waals surface area contributed by atoms with Gasteiger partial charge in [0, 0.05) is 25.1 Å². The number of benzene rings is 2. The Balaban J connectivity index is 0.00000481. The van der Waals surface area contributed by atoms with Crippen molar-refractivity contribution >= 4 is 29.5 Å². The maximum atomic E-state index is 13.2. The van der Waals surface area contributed by atoms with Gasteiger partial charge in [-0.3, -0.25) is 9.59 Å². The quantitative estimate of drug-likeness (QED) is 0.450. The Kier molecular flexibility index (Phi) is 12.8. The first-order valence-electron chi connectivity index (χ1n) is 12.8. The maximum Gasteiger partial charge on any atom is 1.00 e. The second kappa shape index (κ2) is 15.3. The summed E-state index contributed by atoms with van der Waals surface area (Å²) >= 11 is 1.52. The van der Waals surface area contributed by atoms with Crippen molar-refractivity contribution in [2.24, 2.45) is 0 Å². The van der Waals surface area contributed by atoms with Crippen LogP contribution in [0.1, 0.15) is 66.4 Å². The first kappa shape index (κ1) is 31.0. The van der Waals surface area contributed by atoms with Crippen LogP contribution < -0.4 is 29.3 Å². The van der Waals surface area contributed by atoms with E-state index in [0.29, 0.717) is 36.6 Å². The summed E-state index contributed by atoms with van der Waals surface area (Å²) in [6.07, 6.45) is 8.94. The van der Waals surface area contributed by atoms with Crippen LogP contribution in [-0.4, -0.2) is 53.8 Å². The Morgan fingerprint density at radius 3 is 2.43 bits per heavy atom. The number of nitrogens with one attached hydrogen (secondary N) is 1. The molecule has 1 saturated carbocycles. The molecule has 8 heteroatoms. The Hall–Kier alpha value is -2.20. The van der Waals surface area contributed by atoms with Crippen LogP contribution in [0.5, 0.6) is 0 Å². The van der Waals surface area contributed by atoms with Crippen molar-refractivity contribution in [3.63, 3.8) is 0 Å². The third-order valence-electron chi connectivity index (χ3n) is 7.11. The number of carboxylic acids is 1. The molecule has 1 aliphatic carbocycles. The smallest absolute Gasteiger partial charge is 0.548 e. The minimum atomic E-state index is -1.29. The molecule has 3 rings (SSSR count). The third-order valence-corrected chi connectivity index (χ3v) is 7.75. The van der Waals surface area contributed by atoms with Gasteiger partial charge in [0.2, 0.25) is 5.91 Å². The standard InChI is InChI=1S/C29H38N2O4S.Li/c1-20-9-7-8-12-23(20)25-19-21(14-16-27(32)31(2)22-10-5-4-6-11-22)13-15-24(25)28(33)30-26(29(34)35)17-18-36-3;/h7-9,12-13,15,19,22,26H,4-6,10-11,14,16-18H2,1-3H3,(H,30,33)(H,34,35);/q;+1/p-1/t26-;/m0./s1. The second-order valence-electron chi connectivity index (χ2n) is 9.62. The van der Waals surface area contributed by atoms with Crippen molar-refractivity contribution in [3.8, 4) is 11.1 Å². The van der Waals surface area contributed by atoms with Crippen molar-refractivity contribution in [3.05, 3.63) is 59.2 Å². The average Bonchev–Trinajstić information content (AvgIpc) is 2.89. The number of hydrogen-bond acceptors (Lipinski definition) is 5. The molecular formula is C29H37LiN2O4S. The summed E-state index contributed by atoms with van der Waals surface area (Å²) in [5, 5.41) is 14.2. The molecule has 0 aliphatic heterocycles. The van der Waals surface area contributed by atoms with E-state index in [2.05, 4.69) is 5.32 Å². The maximum absolute atomic E-state index is 13.2. The number of aliphatic carboxylic acids is 1. The van der Waals surface area contributed by atoms with Gasteiger partial charge >= 0.3 is 18.9 Å². The summed E-state index contributed by atoms with van der Waals surface area (Å²) in [5.41, 5.74) is 4.03. The van der Waals surface area contributed by atoms with Gasteiger partial charge in [-0.1, -0.05) is 55.7 Å². The minimum absolute atomic E-state index is 0. The van der Waals surface area contributed by atoms with E-state index in [1.54, 1.807) is 6.07 Å². The zero-order chi connectivity index (χ0) is 26.1. The minimum Gasteiger partial charge on any atom is -0.548 e. The van der Waals surface area contributed by atoms with Crippen LogP contribution in [0, 0.1) is 6.92 Å². The summed E-state index contributed by atoms with van der Waals surface area (Å²) in [6, 6.07) is 12.6. The number of aryl methyl sites for hydroxylation is 2. The number of carbonyl (C=O) groups excluding carboxylic acids is 3. The Bertz CT molecular complexity index is 1070. The predicted molar refractivity (Wildman–Crippen MR) is 144 cm³/mol. The molecule has 0 saturated heterocycles. The van der Waals surface area contributed by atoms with Crippen molar-refractivity contribution in [1.29, 1.82) is 0 Å². The molecule has 0 heterocycles. The van der Waals surface area contributed by atoms with E-state index in [9.17, 15) is 19.5 Å². The average molecular weight is 517 g/mol. The number of amides is 2. The fourth-order valence-corrected chi connectivity index (χ4v) is 5.33. The summed E-state index contributed by atoms with van der Waals surface area (Å²) in [4.78, 5) is 39.6. The predicted octanol–water partition coefficient (Wildman–Crippen LogP) is 0.991. The largest absolute Gasteiger partial charge is 1.00 e. The van der Waals surface area contributed by atoms with Gasteiger partial charge in [-0.15, -0.1) is 0 Å². The molecule has 0 unspecified atom stereocenters. The van der Waals surface area contributed by atoms with E-state index < -0.39 is 17.9 Å². The molecule has 0 bridgehead atoms. The molecule has 2 aromatic rings. The molecule has 1 atom stereocenters. The zero-order valence-corrected chi connectivity index (χ0v) is 23.4. The van der Waals surface area contributed by atoms with E-state index in [4.69, 9.17) is 0 Å². The van der Waals surface area contributed by atoms with Crippen LogP contribution >= 0.6 is 11.8 Å². The molecular weight excluding hydrogens is 479 g/mol. The van der Waals surface area contributed by atoms with Gasteiger partial charge in [0.1, 0.15) is 0 Å². The van der Waals surface area contributed by atoms with Crippen molar-refractivity contribution in [2.45, 2.75) is 70.4 Å². The Morgan fingerprint density at radius 1 is 1.08 bits per heavy atom. The molecule has 0 radical (unpaired) electrons. The molecule has 194 valence electrons. The van der Waals surface area contributed by atoms with Crippen molar-refractivity contribution in [2.75, 3.05) is 19.1 Å². The molecule has 37 heavy (non-hydrogen) atoms. The first-order valence-corrected chi connectivity index (χ1v) is 14.2. The van der Waals surface area contributed by atoms with Gasteiger partial charge < -0.3 is 20.1 Å². The Morgan fingerprint density at radius 2 is 1.78 bits per heavy atom. The monoisotopic (exact) mass is 516 g/mol. The number of nitrogens with zero attached hydrogens (tertiary/aromatic N) is 1. The molecule has 2 amide bonds. The first-order chi connectivity index (χ1) is 17.3. The molecule has 1 aliphatic rings. The fourth-order valence-electron chi connectivity index (χ4n) is 4.86. The summed E-state index contributed by atoms with van der Waals surface area (Å²) in [5.74, 6) is -0.978. The van der Waals surface area contributed by atoms with Crippen LogP contribution in [0.3, 0.4) is 0 Å². The molecule has 0 aromatic heterocycles. The van der Waals surface area contributed by atoms with Gasteiger partial charge in [-0.2, -0.15) is 11.8 Å². The SMILES string of the molecule is CSCC[C@H](NC(=O)c1ccc(CCC(=O)N(C)C2CCCCC2)cc1-c1ccccc1C)C(=O)[O-].[Li+].